The minimum Gasteiger partial charge on any atom is -0.347 e. The SMILES string of the molecule is CCCCCCCCCCCCCCCC/C=C(\F)C(=O)N[C@@H]1CC[C@H](C)C1. The quantitative estimate of drug-likeness (QED) is 0.196. The maximum absolute atomic E-state index is 13.9. The van der Waals surface area contributed by atoms with Crippen molar-refractivity contribution in [1.82, 2.24) is 5.32 Å². The summed E-state index contributed by atoms with van der Waals surface area (Å²) in [5, 5.41) is 2.83. The molecule has 1 aliphatic rings. The van der Waals surface area contributed by atoms with E-state index >= 15 is 0 Å². The van der Waals surface area contributed by atoms with Gasteiger partial charge < -0.3 is 5.32 Å². The highest BCUT2D eigenvalue weighted by Crippen LogP contribution is 2.24. The lowest BCUT2D eigenvalue weighted by Gasteiger charge is -2.11. The number of allylic oxidation sites excluding steroid dienone is 1. The van der Waals surface area contributed by atoms with Gasteiger partial charge in [0.05, 0.1) is 0 Å². The molecule has 1 saturated carbocycles. The molecule has 2 atom stereocenters. The van der Waals surface area contributed by atoms with Gasteiger partial charge in [0.25, 0.3) is 5.91 Å². The fraction of sp³-hybridized carbons (Fsp3) is 0.880. The summed E-state index contributed by atoms with van der Waals surface area (Å²) in [4.78, 5) is 11.8. The number of unbranched alkanes of at least 4 members (excludes halogenated alkanes) is 14. The second-order valence-electron chi connectivity index (χ2n) is 9.03. The zero-order chi connectivity index (χ0) is 20.5. The molecule has 0 radical (unpaired) electrons. The Bertz CT molecular complexity index is 421. The molecular formula is C25H46FNO. The van der Waals surface area contributed by atoms with Crippen molar-refractivity contribution < 1.29 is 9.18 Å². The molecule has 0 heterocycles. The Morgan fingerprint density at radius 1 is 0.857 bits per heavy atom. The lowest BCUT2D eigenvalue weighted by Crippen LogP contribution is -2.33. The van der Waals surface area contributed by atoms with E-state index in [0.717, 1.165) is 32.1 Å². The van der Waals surface area contributed by atoms with Gasteiger partial charge in [-0.05, 0) is 44.1 Å². The van der Waals surface area contributed by atoms with Crippen LogP contribution in [0.15, 0.2) is 11.9 Å². The van der Waals surface area contributed by atoms with Crippen LogP contribution in [0.1, 0.15) is 129 Å². The monoisotopic (exact) mass is 395 g/mol. The van der Waals surface area contributed by atoms with E-state index in [1.807, 2.05) is 0 Å². The van der Waals surface area contributed by atoms with Crippen molar-refractivity contribution in [1.29, 1.82) is 0 Å². The van der Waals surface area contributed by atoms with Crippen molar-refractivity contribution >= 4 is 5.91 Å². The van der Waals surface area contributed by atoms with Gasteiger partial charge in [0.2, 0.25) is 0 Å². The third kappa shape index (κ3) is 13.3. The summed E-state index contributed by atoms with van der Waals surface area (Å²) in [6.45, 7) is 4.46. The molecular weight excluding hydrogens is 349 g/mol. The molecule has 0 aromatic rings. The Labute approximate surface area is 174 Å². The van der Waals surface area contributed by atoms with Crippen molar-refractivity contribution in [3.63, 3.8) is 0 Å². The Morgan fingerprint density at radius 3 is 1.82 bits per heavy atom. The average Bonchev–Trinajstić information content (AvgIpc) is 3.09. The van der Waals surface area contributed by atoms with Crippen LogP contribution in [0.5, 0.6) is 0 Å². The predicted molar refractivity (Wildman–Crippen MR) is 119 cm³/mol. The number of hydrogen-bond acceptors (Lipinski definition) is 1. The van der Waals surface area contributed by atoms with Crippen molar-refractivity contribution in [2.24, 2.45) is 5.92 Å². The maximum atomic E-state index is 13.9. The van der Waals surface area contributed by atoms with E-state index in [1.54, 1.807) is 0 Å². The molecule has 0 aromatic heterocycles. The number of carbonyl (C=O) groups is 1. The highest BCUT2D eigenvalue weighted by molar-refractivity contribution is 5.91. The van der Waals surface area contributed by atoms with Crippen molar-refractivity contribution in [2.45, 2.75) is 135 Å². The first-order valence-corrected chi connectivity index (χ1v) is 12.3. The zero-order valence-corrected chi connectivity index (χ0v) is 18.7. The van der Waals surface area contributed by atoms with Crippen LogP contribution in [-0.4, -0.2) is 11.9 Å². The topological polar surface area (TPSA) is 29.1 Å². The summed E-state index contributed by atoms with van der Waals surface area (Å²) in [5.41, 5.74) is 0. The molecule has 1 aliphatic carbocycles. The number of nitrogens with one attached hydrogen (secondary N) is 1. The van der Waals surface area contributed by atoms with E-state index in [-0.39, 0.29) is 6.04 Å². The predicted octanol–water partition coefficient (Wildman–Crippen LogP) is 8.02. The largest absolute Gasteiger partial charge is 0.347 e. The number of hydrogen-bond donors (Lipinski definition) is 1. The molecule has 0 aromatic carbocycles. The van der Waals surface area contributed by atoms with Gasteiger partial charge in [-0.15, -0.1) is 0 Å². The lowest BCUT2D eigenvalue weighted by atomic mass is 10.0. The second kappa shape index (κ2) is 17.0. The van der Waals surface area contributed by atoms with Crippen LogP contribution in [0.2, 0.25) is 0 Å². The van der Waals surface area contributed by atoms with Crippen LogP contribution in [0.25, 0.3) is 0 Å². The molecule has 3 heteroatoms. The highest BCUT2D eigenvalue weighted by Gasteiger charge is 2.23. The standard InChI is InChI=1S/C25H46FNO/c1-3-4-5-6-7-8-9-10-11-12-13-14-15-16-17-18-24(26)25(28)27-23-20-19-22(2)21-23/h18,22-23H,3-17,19-21H2,1-2H3,(H,27,28)/b24-18-/t22-,23+/m0/s1. The Balaban J connectivity index is 1.86. The van der Waals surface area contributed by atoms with Crippen LogP contribution in [0.3, 0.4) is 0 Å². The number of carbonyl (C=O) groups excluding carboxylic acids is 1. The van der Waals surface area contributed by atoms with Crippen molar-refractivity contribution in [3.8, 4) is 0 Å². The minimum atomic E-state index is -0.589. The third-order valence-corrected chi connectivity index (χ3v) is 6.13. The molecule has 0 aliphatic heterocycles. The van der Waals surface area contributed by atoms with Gasteiger partial charge in [0, 0.05) is 6.04 Å². The Kier molecular flexibility index (Phi) is 15.3. The molecule has 2 nitrogen and oxygen atoms in total. The smallest absolute Gasteiger partial charge is 0.279 e. The maximum Gasteiger partial charge on any atom is 0.279 e. The fourth-order valence-electron chi connectivity index (χ4n) is 4.25. The summed E-state index contributed by atoms with van der Waals surface area (Å²) in [5.74, 6) is -0.452. The van der Waals surface area contributed by atoms with Gasteiger partial charge in [-0.3, -0.25) is 4.79 Å². The van der Waals surface area contributed by atoms with E-state index in [9.17, 15) is 9.18 Å². The Morgan fingerprint density at radius 2 is 1.36 bits per heavy atom. The molecule has 1 amide bonds. The van der Waals surface area contributed by atoms with Crippen LogP contribution >= 0.6 is 0 Å². The molecule has 1 N–H and O–H groups in total. The fourth-order valence-corrected chi connectivity index (χ4v) is 4.25. The highest BCUT2D eigenvalue weighted by atomic mass is 19.1. The number of halogens is 1. The first kappa shape index (κ1) is 25.2. The molecule has 0 spiro atoms. The molecule has 0 bridgehead atoms. The summed E-state index contributed by atoms with van der Waals surface area (Å²) >= 11 is 0. The van der Waals surface area contributed by atoms with E-state index in [0.29, 0.717) is 12.3 Å². The van der Waals surface area contributed by atoms with E-state index in [4.69, 9.17) is 0 Å². The van der Waals surface area contributed by atoms with Gasteiger partial charge in [-0.25, -0.2) is 4.39 Å². The molecule has 1 fully saturated rings. The zero-order valence-electron chi connectivity index (χ0n) is 18.7. The van der Waals surface area contributed by atoms with E-state index < -0.39 is 11.7 Å². The summed E-state index contributed by atoms with van der Waals surface area (Å²) in [6, 6.07) is 0.169. The van der Waals surface area contributed by atoms with Crippen LogP contribution < -0.4 is 5.32 Å². The summed E-state index contributed by atoms with van der Waals surface area (Å²) in [7, 11) is 0. The first-order chi connectivity index (χ1) is 13.6. The van der Waals surface area contributed by atoms with Crippen LogP contribution in [0.4, 0.5) is 4.39 Å². The number of rotatable bonds is 17. The first-order valence-electron chi connectivity index (χ1n) is 12.3. The normalized spacial score (nSPS) is 19.9. The van der Waals surface area contributed by atoms with Crippen molar-refractivity contribution in [3.05, 3.63) is 11.9 Å². The third-order valence-electron chi connectivity index (χ3n) is 6.13. The lowest BCUT2D eigenvalue weighted by molar-refractivity contribution is -0.119. The van der Waals surface area contributed by atoms with Crippen molar-refractivity contribution in [2.75, 3.05) is 0 Å². The van der Waals surface area contributed by atoms with Gasteiger partial charge in [-0.2, -0.15) is 0 Å². The molecule has 0 unspecified atom stereocenters. The average molecular weight is 396 g/mol. The summed E-state index contributed by atoms with van der Waals surface area (Å²) in [6.07, 6.45) is 23.8. The molecule has 164 valence electrons. The molecule has 28 heavy (non-hydrogen) atoms. The van der Waals surface area contributed by atoms with Gasteiger partial charge in [0.15, 0.2) is 5.83 Å². The van der Waals surface area contributed by atoms with Gasteiger partial charge in [-0.1, -0.05) is 97.3 Å². The van der Waals surface area contributed by atoms with Crippen LogP contribution in [-0.2, 0) is 4.79 Å². The van der Waals surface area contributed by atoms with Gasteiger partial charge >= 0.3 is 0 Å². The Hall–Kier alpha value is -0.860. The summed E-state index contributed by atoms with van der Waals surface area (Å²) < 4.78 is 13.9. The minimum absolute atomic E-state index is 0.169. The molecule has 0 saturated heterocycles. The van der Waals surface area contributed by atoms with E-state index in [1.165, 1.54) is 83.1 Å². The number of amides is 1. The van der Waals surface area contributed by atoms with Gasteiger partial charge in [0.1, 0.15) is 0 Å². The van der Waals surface area contributed by atoms with Crippen LogP contribution in [0, 0.1) is 5.92 Å². The van der Waals surface area contributed by atoms with E-state index in [2.05, 4.69) is 19.2 Å². The molecule has 1 rings (SSSR count). The second-order valence-corrected chi connectivity index (χ2v) is 9.03.